The molecule has 28 heavy (non-hydrogen) atoms. The number of epoxide rings is 1. The molecule has 1 saturated carbocycles. The van der Waals surface area contributed by atoms with Gasteiger partial charge < -0.3 is 24.4 Å². The second-order valence-corrected chi connectivity index (χ2v) is 7.69. The quantitative estimate of drug-likeness (QED) is 0.565. The number of ether oxygens (including phenoxy) is 3. The molecule has 1 amide bonds. The van der Waals surface area contributed by atoms with E-state index in [-0.39, 0.29) is 37.8 Å². The molecule has 1 aliphatic carbocycles. The summed E-state index contributed by atoms with van der Waals surface area (Å²) in [5, 5.41) is 20.9. The second kappa shape index (κ2) is 7.35. The van der Waals surface area contributed by atoms with Crippen LogP contribution in [0.3, 0.4) is 0 Å². The van der Waals surface area contributed by atoms with Crippen LogP contribution in [0, 0.1) is 5.92 Å². The van der Waals surface area contributed by atoms with Gasteiger partial charge in [0, 0.05) is 18.9 Å². The number of amides is 1. The van der Waals surface area contributed by atoms with Gasteiger partial charge in [0.15, 0.2) is 0 Å². The van der Waals surface area contributed by atoms with Gasteiger partial charge in [0.25, 0.3) is 0 Å². The zero-order valence-corrected chi connectivity index (χ0v) is 15.7. The monoisotopic (exact) mass is 391 g/mol. The molecule has 0 radical (unpaired) electrons. The molecular formula is C20H25NO7. The zero-order chi connectivity index (χ0) is 19.9. The number of carbonyl (C=O) groups is 2. The van der Waals surface area contributed by atoms with E-state index in [0.717, 1.165) is 5.56 Å². The van der Waals surface area contributed by atoms with Crippen molar-refractivity contribution in [1.29, 1.82) is 0 Å². The van der Waals surface area contributed by atoms with E-state index < -0.39 is 29.7 Å². The third-order valence-corrected chi connectivity index (χ3v) is 6.21. The number of carbonyl (C=O) groups excluding carboxylic acids is 2. The number of benzene rings is 1. The minimum atomic E-state index is -1.33. The van der Waals surface area contributed by atoms with E-state index in [1.165, 1.54) is 12.0 Å². The van der Waals surface area contributed by atoms with Crippen molar-refractivity contribution in [3.8, 4) is 0 Å². The van der Waals surface area contributed by atoms with Gasteiger partial charge in [0.2, 0.25) is 0 Å². The summed E-state index contributed by atoms with van der Waals surface area (Å²) in [5.41, 5.74) is -0.502. The number of hydrogen-bond donors (Lipinski definition) is 2. The molecule has 0 bridgehead atoms. The molecule has 4 rings (SSSR count). The topological polar surface area (TPSA) is 109 Å². The summed E-state index contributed by atoms with van der Waals surface area (Å²) in [4.78, 5) is 26.6. The van der Waals surface area contributed by atoms with Gasteiger partial charge >= 0.3 is 12.1 Å². The number of fused-ring (bicyclic) bond motifs is 2. The first-order valence-electron chi connectivity index (χ1n) is 9.55. The maximum atomic E-state index is 12.9. The molecular weight excluding hydrogens is 366 g/mol. The van der Waals surface area contributed by atoms with Crippen LogP contribution in [0.2, 0.25) is 0 Å². The number of aliphatic hydroxyl groups is 2. The van der Waals surface area contributed by atoms with Gasteiger partial charge in [-0.25, -0.2) is 9.59 Å². The summed E-state index contributed by atoms with van der Waals surface area (Å²) >= 11 is 0. The molecule has 2 N–H and O–H groups in total. The Labute approximate surface area is 163 Å². The molecule has 1 aromatic rings. The fraction of sp³-hybridized carbons (Fsp3) is 0.600. The third-order valence-electron chi connectivity index (χ3n) is 6.21. The number of rotatable bonds is 5. The Balaban J connectivity index is 1.58. The fourth-order valence-electron chi connectivity index (χ4n) is 4.86. The van der Waals surface area contributed by atoms with Crippen molar-refractivity contribution in [1.82, 2.24) is 4.90 Å². The summed E-state index contributed by atoms with van der Waals surface area (Å²) in [6.45, 7) is -0.0363. The van der Waals surface area contributed by atoms with Crippen LogP contribution in [0.5, 0.6) is 0 Å². The molecule has 2 heterocycles. The van der Waals surface area contributed by atoms with Crippen LogP contribution < -0.4 is 0 Å². The first-order chi connectivity index (χ1) is 13.5. The summed E-state index contributed by atoms with van der Waals surface area (Å²) in [6.07, 6.45) is -0.0785. The van der Waals surface area contributed by atoms with Crippen molar-refractivity contribution in [2.45, 2.75) is 55.8 Å². The summed E-state index contributed by atoms with van der Waals surface area (Å²) < 4.78 is 16.0. The number of nitrogens with zero attached hydrogens (tertiary/aromatic N) is 1. The van der Waals surface area contributed by atoms with Crippen LogP contribution in [0.1, 0.15) is 24.8 Å². The summed E-state index contributed by atoms with van der Waals surface area (Å²) in [5.74, 6) is -0.933. The number of methoxy groups -OCH3 is 1. The van der Waals surface area contributed by atoms with Crippen molar-refractivity contribution in [3.63, 3.8) is 0 Å². The summed E-state index contributed by atoms with van der Waals surface area (Å²) in [6, 6.07) is 7.69. The van der Waals surface area contributed by atoms with Gasteiger partial charge in [0.05, 0.1) is 31.0 Å². The number of hydrogen-bond acceptors (Lipinski definition) is 7. The van der Waals surface area contributed by atoms with Crippen molar-refractivity contribution in [2.75, 3.05) is 13.7 Å². The van der Waals surface area contributed by atoms with E-state index in [0.29, 0.717) is 12.8 Å². The maximum Gasteiger partial charge on any atom is 0.411 e. The lowest BCUT2D eigenvalue weighted by Gasteiger charge is -2.41. The van der Waals surface area contributed by atoms with E-state index in [2.05, 4.69) is 0 Å². The molecule has 2 saturated heterocycles. The van der Waals surface area contributed by atoms with E-state index in [1.807, 2.05) is 30.3 Å². The van der Waals surface area contributed by atoms with Gasteiger partial charge in [-0.1, -0.05) is 30.3 Å². The third kappa shape index (κ3) is 3.15. The Morgan fingerprint density at radius 3 is 2.75 bits per heavy atom. The molecule has 0 spiro atoms. The molecule has 3 fully saturated rings. The number of likely N-dealkylation sites (tertiary alicyclic amines) is 1. The Hall–Kier alpha value is -2.16. The second-order valence-electron chi connectivity index (χ2n) is 7.69. The average Bonchev–Trinajstić information content (AvgIpc) is 3.41. The Morgan fingerprint density at radius 1 is 1.32 bits per heavy atom. The highest BCUT2D eigenvalue weighted by molar-refractivity contribution is 5.83. The molecule has 6 atom stereocenters. The molecule has 1 aromatic carbocycles. The first-order valence-corrected chi connectivity index (χ1v) is 9.55. The predicted octanol–water partition coefficient (Wildman–Crippen LogP) is 0.840. The molecule has 152 valence electrons. The lowest BCUT2D eigenvalue weighted by atomic mass is 9.70. The molecule has 0 unspecified atom stereocenters. The van der Waals surface area contributed by atoms with Crippen LogP contribution >= 0.6 is 0 Å². The van der Waals surface area contributed by atoms with Crippen molar-refractivity contribution in [2.24, 2.45) is 5.92 Å². The highest BCUT2D eigenvalue weighted by Gasteiger charge is 2.68. The zero-order valence-electron chi connectivity index (χ0n) is 15.7. The Morgan fingerprint density at radius 2 is 2.07 bits per heavy atom. The highest BCUT2D eigenvalue weighted by atomic mass is 16.6. The smallest absolute Gasteiger partial charge is 0.411 e. The predicted molar refractivity (Wildman–Crippen MR) is 96.1 cm³/mol. The van der Waals surface area contributed by atoms with Crippen molar-refractivity contribution >= 4 is 12.1 Å². The molecule has 3 aliphatic rings. The van der Waals surface area contributed by atoms with E-state index in [4.69, 9.17) is 14.2 Å². The maximum absolute atomic E-state index is 12.9. The average molecular weight is 391 g/mol. The Kier molecular flexibility index (Phi) is 5.03. The van der Waals surface area contributed by atoms with Crippen molar-refractivity contribution in [3.05, 3.63) is 35.9 Å². The van der Waals surface area contributed by atoms with E-state index >= 15 is 0 Å². The lowest BCUT2D eigenvalue weighted by molar-refractivity contribution is -0.145. The molecule has 8 heteroatoms. The standard InChI is InChI=1S/C20H25NO7/c1-26-18(23)14-10-20(25)13(7-8-22)17-15(28-17)9-16(20)21(14)19(24)27-11-12-5-3-2-4-6-12/h2-6,13-17,22,25H,7-11H2,1H3/t13-,14+,15-,16-,17+,20-/m1/s1. The lowest BCUT2D eigenvalue weighted by Crippen LogP contribution is -2.57. The molecule has 0 aromatic heterocycles. The van der Waals surface area contributed by atoms with E-state index in [1.54, 1.807) is 0 Å². The SMILES string of the molecule is COC(=O)[C@@H]1C[C@@]2(O)[C@H](CCO)[C@@H]3O[C@@H]3C[C@H]2N1C(=O)OCc1ccccc1. The van der Waals surface area contributed by atoms with Gasteiger partial charge in [-0.05, 0) is 18.4 Å². The van der Waals surface area contributed by atoms with E-state index in [9.17, 15) is 19.8 Å². The number of aliphatic hydroxyl groups excluding tert-OH is 1. The fourth-order valence-corrected chi connectivity index (χ4v) is 4.86. The first kappa shape index (κ1) is 19.2. The van der Waals surface area contributed by atoms with Gasteiger partial charge in [-0.3, -0.25) is 4.90 Å². The van der Waals surface area contributed by atoms with Crippen LogP contribution in [-0.4, -0.2) is 70.8 Å². The molecule has 2 aliphatic heterocycles. The number of esters is 1. The minimum Gasteiger partial charge on any atom is -0.467 e. The van der Waals surface area contributed by atoms with Gasteiger partial charge in [-0.2, -0.15) is 0 Å². The normalized spacial score (nSPS) is 35.7. The van der Waals surface area contributed by atoms with Crippen LogP contribution in [0.15, 0.2) is 30.3 Å². The van der Waals surface area contributed by atoms with Crippen LogP contribution in [0.25, 0.3) is 0 Å². The van der Waals surface area contributed by atoms with Crippen LogP contribution in [0.4, 0.5) is 4.79 Å². The molecule has 8 nitrogen and oxygen atoms in total. The Bertz CT molecular complexity index is 741. The van der Waals surface area contributed by atoms with Crippen LogP contribution in [-0.2, 0) is 25.6 Å². The van der Waals surface area contributed by atoms with Gasteiger partial charge in [-0.15, -0.1) is 0 Å². The minimum absolute atomic E-state index is 0.0437. The summed E-state index contributed by atoms with van der Waals surface area (Å²) in [7, 11) is 1.26. The highest BCUT2D eigenvalue weighted by Crippen LogP contribution is 2.54. The largest absolute Gasteiger partial charge is 0.467 e. The van der Waals surface area contributed by atoms with Crippen molar-refractivity contribution < 1.29 is 34.0 Å². The van der Waals surface area contributed by atoms with Gasteiger partial charge in [0.1, 0.15) is 12.6 Å².